The summed E-state index contributed by atoms with van der Waals surface area (Å²) in [6.07, 6.45) is 0. The molecule has 4 rings (SSSR count). The Hall–Kier alpha value is -4.70. The van der Waals surface area contributed by atoms with Gasteiger partial charge in [-0.1, -0.05) is 48.0 Å². The molecule has 2 N–H and O–H groups in total. The van der Waals surface area contributed by atoms with Gasteiger partial charge in [0.25, 0.3) is 5.69 Å². The number of nitro benzene ring substituents is 1. The molecule has 10 heteroatoms. The number of nitrogens with one attached hydrogen (secondary N) is 2. The minimum atomic E-state index is -1.62. The fraction of sp³-hybridized carbons (Fsp3) is 0.107. The lowest BCUT2D eigenvalue weighted by Gasteiger charge is -2.14. The molecule has 1 atom stereocenters. The summed E-state index contributed by atoms with van der Waals surface area (Å²) in [4.78, 5) is 24.1. The van der Waals surface area contributed by atoms with Gasteiger partial charge in [0.2, 0.25) is 0 Å². The zero-order valence-electron chi connectivity index (χ0n) is 20.7. The fourth-order valence-corrected chi connectivity index (χ4v) is 4.46. The Morgan fingerprint density at radius 3 is 2.29 bits per heavy atom. The number of carbonyl (C=O) groups is 1. The van der Waals surface area contributed by atoms with Crippen molar-refractivity contribution in [2.75, 3.05) is 17.1 Å². The van der Waals surface area contributed by atoms with Crippen molar-refractivity contribution < 1.29 is 23.4 Å². The van der Waals surface area contributed by atoms with Gasteiger partial charge in [0.05, 0.1) is 28.2 Å². The second-order valence-electron chi connectivity index (χ2n) is 8.26. The van der Waals surface area contributed by atoms with Crippen LogP contribution in [0.1, 0.15) is 21.5 Å². The Labute approximate surface area is 222 Å². The first-order valence-corrected chi connectivity index (χ1v) is 12.7. The summed E-state index contributed by atoms with van der Waals surface area (Å²) in [5, 5.41) is 14.6. The molecule has 0 bridgehead atoms. The summed E-state index contributed by atoms with van der Waals surface area (Å²) < 4.78 is 26.5. The molecule has 0 aromatic heterocycles. The average Bonchev–Trinajstić information content (AvgIpc) is 2.93. The summed E-state index contributed by atoms with van der Waals surface area (Å²) >= 11 is 0. The van der Waals surface area contributed by atoms with Crippen LogP contribution in [0.2, 0.25) is 0 Å². The van der Waals surface area contributed by atoms with Gasteiger partial charge < -0.3 is 19.5 Å². The predicted octanol–water partition coefficient (Wildman–Crippen LogP) is 6.23. The molecule has 0 fully saturated rings. The number of hydrogen-bond donors (Lipinski definition) is 2. The van der Waals surface area contributed by atoms with Crippen LogP contribution in [0.3, 0.4) is 0 Å². The third kappa shape index (κ3) is 6.54. The summed E-state index contributed by atoms with van der Waals surface area (Å²) in [6, 6.07) is 25.6. The highest BCUT2D eigenvalue weighted by Crippen LogP contribution is 2.33. The summed E-state index contributed by atoms with van der Waals surface area (Å²) in [6.45, 7) is 2.32. The van der Waals surface area contributed by atoms with Crippen molar-refractivity contribution >= 4 is 34.0 Å². The van der Waals surface area contributed by atoms with Crippen LogP contribution in [-0.4, -0.2) is 22.2 Å². The van der Waals surface area contributed by atoms with E-state index in [0.717, 1.165) is 11.1 Å². The van der Waals surface area contributed by atoms with Crippen molar-refractivity contribution in [3.63, 3.8) is 0 Å². The zero-order chi connectivity index (χ0) is 27.1. The molecular formula is C28H25N3O6S. The van der Waals surface area contributed by atoms with Gasteiger partial charge in [-0.15, -0.1) is 0 Å². The van der Waals surface area contributed by atoms with E-state index < -0.39 is 21.9 Å². The van der Waals surface area contributed by atoms with Crippen LogP contribution >= 0.6 is 0 Å². The molecule has 0 aliphatic carbocycles. The number of rotatable bonds is 10. The number of hydrogen-bond acceptors (Lipinski definition) is 7. The van der Waals surface area contributed by atoms with E-state index in [9.17, 15) is 19.1 Å². The van der Waals surface area contributed by atoms with E-state index in [4.69, 9.17) is 9.47 Å². The maximum atomic E-state index is 12.8. The van der Waals surface area contributed by atoms with E-state index in [1.165, 1.54) is 31.4 Å². The number of esters is 1. The van der Waals surface area contributed by atoms with Crippen molar-refractivity contribution in [2.24, 2.45) is 0 Å². The van der Waals surface area contributed by atoms with Crippen molar-refractivity contribution in [3.05, 3.63) is 118 Å². The quantitative estimate of drug-likeness (QED) is 0.141. The van der Waals surface area contributed by atoms with E-state index >= 15 is 0 Å². The number of anilines is 2. The Bertz CT molecular complexity index is 1480. The van der Waals surface area contributed by atoms with Crippen LogP contribution in [0.4, 0.5) is 17.1 Å². The highest BCUT2D eigenvalue weighted by Gasteiger charge is 2.18. The number of ether oxygens (including phenoxy) is 2. The molecule has 0 saturated carbocycles. The summed E-state index contributed by atoms with van der Waals surface area (Å²) in [7, 11) is -0.368. The van der Waals surface area contributed by atoms with Crippen LogP contribution < -0.4 is 14.8 Å². The van der Waals surface area contributed by atoms with Crippen LogP contribution in [0.25, 0.3) is 0 Å². The molecule has 1 unspecified atom stereocenters. The van der Waals surface area contributed by atoms with Gasteiger partial charge in [0.15, 0.2) is 0 Å². The van der Waals surface area contributed by atoms with E-state index in [-0.39, 0.29) is 16.9 Å². The van der Waals surface area contributed by atoms with Crippen LogP contribution in [-0.2, 0) is 22.3 Å². The third-order valence-corrected chi connectivity index (χ3v) is 6.67. The Morgan fingerprint density at radius 2 is 1.61 bits per heavy atom. The first kappa shape index (κ1) is 26.4. The number of carbonyl (C=O) groups excluding carboxylic acids is 1. The SMILES string of the molecule is COC(=O)c1cc(Oc2ccc([N+](=O)[O-])c(NCc3ccccc3)c2)ccc1NS(=O)c1ccc(C)cc1. The molecule has 0 aliphatic heterocycles. The minimum absolute atomic E-state index is 0.0957. The van der Waals surface area contributed by atoms with Crippen molar-refractivity contribution in [1.82, 2.24) is 0 Å². The fourth-order valence-electron chi connectivity index (χ4n) is 3.58. The number of aryl methyl sites for hydroxylation is 1. The van der Waals surface area contributed by atoms with E-state index in [1.807, 2.05) is 49.4 Å². The van der Waals surface area contributed by atoms with Crippen LogP contribution in [0.5, 0.6) is 11.5 Å². The van der Waals surface area contributed by atoms with Gasteiger partial charge in [-0.25, -0.2) is 9.00 Å². The van der Waals surface area contributed by atoms with Crippen LogP contribution in [0.15, 0.2) is 95.9 Å². The highest BCUT2D eigenvalue weighted by atomic mass is 32.2. The molecule has 4 aromatic rings. The van der Waals surface area contributed by atoms with Crippen molar-refractivity contribution in [1.29, 1.82) is 0 Å². The lowest BCUT2D eigenvalue weighted by molar-refractivity contribution is -0.384. The van der Waals surface area contributed by atoms with Gasteiger partial charge in [0, 0.05) is 18.7 Å². The summed E-state index contributed by atoms with van der Waals surface area (Å²) in [5.74, 6) is -0.0291. The van der Waals surface area contributed by atoms with Gasteiger partial charge >= 0.3 is 5.97 Å². The van der Waals surface area contributed by atoms with Gasteiger partial charge in [-0.3, -0.25) is 10.1 Å². The first-order valence-electron chi connectivity index (χ1n) is 11.6. The lowest BCUT2D eigenvalue weighted by atomic mass is 10.1. The molecule has 194 valence electrons. The second kappa shape index (κ2) is 12.0. The molecule has 0 amide bonds. The summed E-state index contributed by atoms with van der Waals surface area (Å²) in [5.41, 5.74) is 2.61. The standard InChI is InChI=1S/C28H25N3O6S/c1-19-8-12-23(13-9-19)38(35)30-25-14-10-21(16-24(25)28(32)36-2)37-22-11-15-27(31(33)34)26(17-22)29-18-20-6-4-3-5-7-20/h3-17,29-30H,18H2,1-2H3. The van der Waals surface area contributed by atoms with Gasteiger partial charge in [-0.05, 0) is 48.9 Å². The molecule has 0 spiro atoms. The monoisotopic (exact) mass is 531 g/mol. The topological polar surface area (TPSA) is 120 Å². The smallest absolute Gasteiger partial charge is 0.340 e. The van der Waals surface area contributed by atoms with Gasteiger partial charge in [-0.2, -0.15) is 0 Å². The molecular weight excluding hydrogens is 506 g/mol. The lowest BCUT2D eigenvalue weighted by Crippen LogP contribution is -2.11. The number of methoxy groups -OCH3 is 1. The third-order valence-electron chi connectivity index (χ3n) is 5.56. The second-order valence-corrected chi connectivity index (χ2v) is 9.47. The first-order chi connectivity index (χ1) is 18.3. The van der Waals surface area contributed by atoms with E-state index in [1.54, 1.807) is 24.3 Å². The van der Waals surface area contributed by atoms with E-state index in [0.29, 0.717) is 28.6 Å². The van der Waals surface area contributed by atoms with Crippen LogP contribution in [0, 0.1) is 17.0 Å². The molecule has 0 heterocycles. The average molecular weight is 532 g/mol. The largest absolute Gasteiger partial charge is 0.465 e. The Balaban J connectivity index is 1.57. The number of nitro groups is 1. The molecule has 4 aromatic carbocycles. The van der Waals surface area contributed by atoms with Crippen molar-refractivity contribution in [2.45, 2.75) is 18.4 Å². The molecule has 0 saturated heterocycles. The molecule has 0 radical (unpaired) electrons. The number of benzene rings is 4. The van der Waals surface area contributed by atoms with Crippen molar-refractivity contribution in [3.8, 4) is 11.5 Å². The maximum absolute atomic E-state index is 12.8. The molecule has 9 nitrogen and oxygen atoms in total. The maximum Gasteiger partial charge on any atom is 0.340 e. The molecule has 38 heavy (non-hydrogen) atoms. The minimum Gasteiger partial charge on any atom is -0.465 e. The molecule has 0 aliphatic rings. The zero-order valence-corrected chi connectivity index (χ0v) is 21.5. The van der Waals surface area contributed by atoms with Gasteiger partial charge in [0.1, 0.15) is 28.2 Å². The number of nitrogens with zero attached hydrogens (tertiary/aromatic N) is 1. The predicted molar refractivity (Wildman–Crippen MR) is 146 cm³/mol. The normalized spacial score (nSPS) is 11.3. The highest BCUT2D eigenvalue weighted by molar-refractivity contribution is 7.86. The Morgan fingerprint density at radius 1 is 0.921 bits per heavy atom. The Kier molecular flexibility index (Phi) is 8.34. The van der Waals surface area contributed by atoms with E-state index in [2.05, 4.69) is 10.0 Å².